The van der Waals surface area contributed by atoms with Crippen LogP contribution in [-0.4, -0.2) is 38.1 Å². The topological polar surface area (TPSA) is 58.6 Å². The maximum absolute atomic E-state index is 12.6. The Morgan fingerprint density at radius 2 is 1.48 bits per heavy atom. The first-order valence-electron chi connectivity index (χ1n) is 12.5. The van der Waals surface area contributed by atoms with Crippen molar-refractivity contribution in [2.45, 2.75) is 90.3 Å². The van der Waals surface area contributed by atoms with Crippen LogP contribution in [-0.2, 0) is 9.22 Å². The van der Waals surface area contributed by atoms with E-state index in [4.69, 9.17) is 4.43 Å². The largest absolute Gasteiger partial charge is 0.405 e. The maximum Gasteiger partial charge on any atom is 0.261 e. The lowest BCUT2D eigenvalue weighted by Crippen LogP contribution is -2.67. The van der Waals surface area contributed by atoms with Gasteiger partial charge in [0.2, 0.25) is 5.91 Å². The molecule has 1 amide bonds. The third-order valence-electron chi connectivity index (χ3n) is 6.38. The zero-order valence-corrected chi connectivity index (χ0v) is 22.1. The molecule has 5 heteroatoms. The molecule has 182 valence electrons. The number of unbranched alkanes of at least 4 members (excludes halogenated alkanes) is 3. The number of nitrogens with one attached hydrogen (secondary N) is 1. The summed E-state index contributed by atoms with van der Waals surface area (Å²) in [6.07, 6.45) is 4.63. The third-order valence-corrected chi connectivity index (χ3v) is 11.4. The summed E-state index contributed by atoms with van der Waals surface area (Å²) in [4.78, 5) is 12.6. The Bertz CT molecular complexity index is 781. The maximum atomic E-state index is 12.6. The van der Waals surface area contributed by atoms with Gasteiger partial charge in [-0.15, -0.1) is 0 Å². The van der Waals surface area contributed by atoms with Gasteiger partial charge in [0.25, 0.3) is 8.32 Å². The number of aliphatic hydroxyl groups is 1. The van der Waals surface area contributed by atoms with Crippen molar-refractivity contribution in [3.05, 3.63) is 60.7 Å². The van der Waals surface area contributed by atoms with E-state index < -0.39 is 20.5 Å². The molecule has 0 fully saturated rings. The molecule has 0 spiro atoms. The molecular weight excluding hydrogens is 426 g/mol. The van der Waals surface area contributed by atoms with Crippen molar-refractivity contribution in [1.29, 1.82) is 0 Å². The zero-order valence-electron chi connectivity index (χ0n) is 21.1. The normalized spacial score (nSPS) is 14.0. The Hall–Kier alpha value is -1.95. The quantitative estimate of drug-likeness (QED) is 0.328. The molecule has 4 nitrogen and oxygen atoms in total. The van der Waals surface area contributed by atoms with Gasteiger partial charge in [0.1, 0.15) is 0 Å². The lowest BCUT2D eigenvalue weighted by atomic mass is 10.1. The van der Waals surface area contributed by atoms with E-state index in [2.05, 4.69) is 81.5 Å². The molecule has 0 aliphatic heterocycles. The van der Waals surface area contributed by atoms with Gasteiger partial charge in [-0.05, 0) is 28.3 Å². The molecule has 33 heavy (non-hydrogen) atoms. The highest BCUT2D eigenvalue weighted by Crippen LogP contribution is 2.36. The number of carbonyl (C=O) groups is 1. The van der Waals surface area contributed by atoms with Crippen LogP contribution in [0.15, 0.2) is 60.7 Å². The number of benzene rings is 2. The van der Waals surface area contributed by atoms with Crippen LogP contribution in [0.2, 0.25) is 5.04 Å². The molecule has 2 aromatic carbocycles. The van der Waals surface area contributed by atoms with Crippen molar-refractivity contribution >= 4 is 24.6 Å². The highest BCUT2D eigenvalue weighted by Gasteiger charge is 2.50. The highest BCUT2D eigenvalue weighted by atomic mass is 28.4. The second-order valence-corrected chi connectivity index (χ2v) is 14.2. The zero-order chi connectivity index (χ0) is 24.3. The summed E-state index contributed by atoms with van der Waals surface area (Å²) in [6.45, 7) is 11.1. The van der Waals surface area contributed by atoms with Crippen molar-refractivity contribution < 1.29 is 14.3 Å². The van der Waals surface area contributed by atoms with E-state index >= 15 is 0 Å². The number of aliphatic hydroxyl groups excluding tert-OH is 1. The first-order valence-corrected chi connectivity index (χ1v) is 14.4. The Morgan fingerprint density at radius 3 is 1.94 bits per heavy atom. The van der Waals surface area contributed by atoms with Gasteiger partial charge in [0.05, 0.1) is 18.8 Å². The van der Waals surface area contributed by atoms with Crippen LogP contribution in [0, 0.1) is 0 Å². The van der Waals surface area contributed by atoms with Crippen molar-refractivity contribution in [3.8, 4) is 0 Å². The summed E-state index contributed by atoms with van der Waals surface area (Å²) in [6, 6.07) is 20.5. The SMILES string of the molecule is CCCCCCC(=O)NC(CO[Si](c1ccccc1)(c1ccccc1)C(C)(C)C)C(O)CC. The van der Waals surface area contributed by atoms with Gasteiger partial charge in [-0.1, -0.05) is 115 Å². The second kappa shape index (κ2) is 13.1. The molecule has 2 atom stereocenters. The summed E-state index contributed by atoms with van der Waals surface area (Å²) in [5, 5.41) is 16.1. The number of hydrogen-bond acceptors (Lipinski definition) is 3. The van der Waals surface area contributed by atoms with Crippen LogP contribution in [0.5, 0.6) is 0 Å². The van der Waals surface area contributed by atoms with Crippen LogP contribution < -0.4 is 15.7 Å². The molecular formula is C28H43NO3Si. The van der Waals surface area contributed by atoms with Crippen molar-refractivity contribution in [3.63, 3.8) is 0 Å². The molecule has 0 saturated heterocycles. The van der Waals surface area contributed by atoms with Crippen molar-refractivity contribution in [2.24, 2.45) is 0 Å². The molecule has 2 unspecified atom stereocenters. The monoisotopic (exact) mass is 469 g/mol. The summed E-state index contributed by atoms with van der Waals surface area (Å²) >= 11 is 0. The number of carbonyl (C=O) groups excluding carboxylic acids is 1. The number of rotatable bonds is 13. The van der Waals surface area contributed by atoms with E-state index in [0.29, 0.717) is 12.8 Å². The summed E-state index contributed by atoms with van der Waals surface area (Å²) in [5.74, 6) is -0.00495. The fourth-order valence-corrected chi connectivity index (χ4v) is 9.09. The fourth-order valence-electron chi connectivity index (χ4n) is 4.50. The van der Waals surface area contributed by atoms with Gasteiger partial charge in [-0.25, -0.2) is 0 Å². The van der Waals surface area contributed by atoms with E-state index in [0.717, 1.165) is 25.7 Å². The van der Waals surface area contributed by atoms with Crippen molar-refractivity contribution in [2.75, 3.05) is 6.61 Å². The third kappa shape index (κ3) is 7.26. The van der Waals surface area contributed by atoms with E-state index in [1.807, 2.05) is 19.1 Å². The minimum absolute atomic E-state index is 0.00495. The van der Waals surface area contributed by atoms with Crippen LogP contribution in [0.25, 0.3) is 0 Å². The average Bonchev–Trinajstić information content (AvgIpc) is 2.81. The van der Waals surface area contributed by atoms with Crippen LogP contribution >= 0.6 is 0 Å². The standard InChI is InChI=1S/C28H43NO3Si/c1-6-8-9-16-21-27(31)29-25(26(30)7-2)22-32-33(28(3,4)5,23-17-12-10-13-18-23)24-19-14-11-15-20-24/h10-15,17-20,25-26,30H,6-9,16,21-22H2,1-5H3,(H,29,31). The molecule has 0 radical (unpaired) electrons. The Balaban J connectivity index is 2.33. The average molecular weight is 470 g/mol. The van der Waals surface area contributed by atoms with Crippen molar-refractivity contribution in [1.82, 2.24) is 5.32 Å². The lowest BCUT2D eigenvalue weighted by molar-refractivity contribution is -0.123. The molecule has 0 aromatic heterocycles. The minimum atomic E-state index is -2.72. The first kappa shape index (κ1) is 27.3. The van der Waals surface area contributed by atoms with E-state index in [1.54, 1.807) is 0 Å². The lowest BCUT2D eigenvalue weighted by Gasteiger charge is -2.44. The molecule has 0 bridgehead atoms. The van der Waals surface area contributed by atoms with E-state index in [9.17, 15) is 9.90 Å². The molecule has 2 rings (SSSR count). The molecule has 0 heterocycles. The molecule has 0 saturated carbocycles. The second-order valence-electron chi connectivity index (χ2n) is 9.93. The molecule has 0 aliphatic rings. The molecule has 2 N–H and O–H groups in total. The van der Waals surface area contributed by atoms with E-state index in [-0.39, 0.29) is 17.6 Å². The molecule has 0 aliphatic carbocycles. The van der Waals surface area contributed by atoms with Gasteiger partial charge in [-0.3, -0.25) is 4.79 Å². The Morgan fingerprint density at radius 1 is 0.939 bits per heavy atom. The van der Waals surface area contributed by atoms with Gasteiger partial charge in [-0.2, -0.15) is 0 Å². The van der Waals surface area contributed by atoms with Gasteiger partial charge >= 0.3 is 0 Å². The predicted molar refractivity (Wildman–Crippen MR) is 141 cm³/mol. The summed E-state index contributed by atoms with van der Waals surface area (Å²) in [5.41, 5.74) is 0. The van der Waals surface area contributed by atoms with E-state index in [1.165, 1.54) is 10.4 Å². The number of amides is 1. The fraction of sp³-hybridized carbons (Fsp3) is 0.536. The van der Waals surface area contributed by atoms with Gasteiger partial charge < -0.3 is 14.8 Å². The van der Waals surface area contributed by atoms with Crippen LogP contribution in [0.3, 0.4) is 0 Å². The number of hydrogen-bond donors (Lipinski definition) is 2. The van der Waals surface area contributed by atoms with Gasteiger partial charge in [0, 0.05) is 6.42 Å². The summed E-state index contributed by atoms with van der Waals surface area (Å²) < 4.78 is 6.96. The van der Waals surface area contributed by atoms with Crippen LogP contribution in [0.1, 0.15) is 73.1 Å². The smallest absolute Gasteiger partial charge is 0.261 e. The van der Waals surface area contributed by atoms with Crippen LogP contribution in [0.4, 0.5) is 0 Å². The predicted octanol–water partition coefficient (Wildman–Crippen LogP) is 4.79. The molecule has 2 aromatic rings. The minimum Gasteiger partial charge on any atom is -0.405 e. The van der Waals surface area contributed by atoms with Gasteiger partial charge in [0.15, 0.2) is 0 Å². The summed E-state index contributed by atoms with van der Waals surface area (Å²) in [7, 11) is -2.72. The Labute approximate surface area is 201 Å². The highest BCUT2D eigenvalue weighted by molar-refractivity contribution is 6.99. The Kier molecular flexibility index (Phi) is 10.8. The first-order chi connectivity index (χ1) is 15.8.